The van der Waals surface area contributed by atoms with Gasteiger partial charge in [0.15, 0.2) is 11.6 Å². The van der Waals surface area contributed by atoms with Crippen molar-refractivity contribution < 1.29 is 13.2 Å². The number of alkyl halides is 3. The normalized spacial score (nSPS) is 11.6. The molecule has 0 aliphatic heterocycles. The van der Waals surface area contributed by atoms with E-state index in [0.29, 0.717) is 11.5 Å². The van der Waals surface area contributed by atoms with Gasteiger partial charge in [0.05, 0.1) is 11.3 Å². The molecule has 0 fully saturated rings. The average Bonchev–Trinajstić information content (AvgIpc) is 2.87. The summed E-state index contributed by atoms with van der Waals surface area (Å²) in [6.07, 6.45) is -3.07. The molecule has 9 heteroatoms. The highest BCUT2D eigenvalue weighted by molar-refractivity contribution is 5.74. The fraction of sp³-hybridized carbons (Fsp3) is 0.188. The van der Waals surface area contributed by atoms with Crippen molar-refractivity contribution in [2.45, 2.75) is 20.0 Å². The number of anilines is 3. The van der Waals surface area contributed by atoms with Gasteiger partial charge in [-0.05, 0) is 44.2 Å². The molecule has 0 saturated carbocycles. The highest BCUT2D eigenvalue weighted by atomic mass is 19.4. The highest BCUT2D eigenvalue weighted by Gasteiger charge is 2.30. The van der Waals surface area contributed by atoms with Gasteiger partial charge in [0.2, 0.25) is 0 Å². The summed E-state index contributed by atoms with van der Waals surface area (Å²) in [5.41, 5.74) is 7.72. The number of hydrogen-bond donors (Lipinski definition) is 2. The molecule has 0 spiro atoms. The van der Waals surface area contributed by atoms with Crippen LogP contribution in [0.15, 0.2) is 36.7 Å². The van der Waals surface area contributed by atoms with Crippen molar-refractivity contribution in [2.75, 3.05) is 11.1 Å². The number of nitrogens with one attached hydrogen (secondary N) is 1. The van der Waals surface area contributed by atoms with Crippen LogP contribution in [0.1, 0.15) is 17.0 Å². The average molecular weight is 348 g/mol. The standard InChI is InChI=1S/C16H15F3N6/c1-9-7-10(2)25(24-9)15-13(20)14(21-8-22-15)23-12-5-3-11(4-6-12)16(17,18)19/h3-8H,20H2,1-2H3,(H,21,22,23). The van der Waals surface area contributed by atoms with E-state index >= 15 is 0 Å². The van der Waals surface area contributed by atoms with Crippen molar-refractivity contribution in [3.05, 3.63) is 53.6 Å². The Kier molecular flexibility index (Phi) is 4.07. The van der Waals surface area contributed by atoms with Gasteiger partial charge in [0.1, 0.15) is 12.0 Å². The van der Waals surface area contributed by atoms with Crippen molar-refractivity contribution in [1.29, 1.82) is 0 Å². The molecule has 3 aromatic rings. The number of nitrogens with two attached hydrogens (primary N) is 1. The van der Waals surface area contributed by atoms with Gasteiger partial charge in [-0.2, -0.15) is 18.3 Å². The van der Waals surface area contributed by atoms with E-state index in [2.05, 4.69) is 20.4 Å². The van der Waals surface area contributed by atoms with Crippen molar-refractivity contribution in [3.8, 4) is 5.82 Å². The highest BCUT2D eigenvalue weighted by Crippen LogP contribution is 2.31. The van der Waals surface area contributed by atoms with Gasteiger partial charge in [-0.15, -0.1) is 0 Å². The molecule has 0 bridgehead atoms. The Bertz CT molecular complexity index is 899. The number of rotatable bonds is 3. The summed E-state index contributed by atoms with van der Waals surface area (Å²) in [7, 11) is 0. The zero-order chi connectivity index (χ0) is 18.2. The summed E-state index contributed by atoms with van der Waals surface area (Å²) in [5, 5.41) is 7.22. The monoisotopic (exact) mass is 348 g/mol. The molecule has 3 N–H and O–H groups in total. The first-order chi connectivity index (χ1) is 11.8. The SMILES string of the molecule is Cc1cc(C)n(-c2ncnc(Nc3ccc(C(F)(F)F)cc3)c2N)n1. The Morgan fingerprint density at radius 2 is 1.76 bits per heavy atom. The van der Waals surface area contributed by atoms with E-state index in [1.807, 2.05) is 19.9 Å². The molecule has 0 aliphatic rings. The van der Waals surface area contributed by atoms with Gasteiger partial charge in [0.25, 0.3) is 0 Å². The lowest BCUT2D eigenvalue weighted by Gasteiger charge is -2.13. The topological polar surface area (TPSA) is 81.7 Å². The molecule has 2 aromatic heterocycles. The molecule has 2 heterocycles. The van der Waals surface area contributed by atoms with Crippen LogP contribution in [0.5, 0.6) is 0 Å². The lowest BCUT2D eigenvalue weighted by atomic mass is 10.2. The molecule has 0 atom stereocenters. The second-order valence-electron chi connectivity index (χ2n) is 5.50. The van der Waals surface area contributed by atoms with Crippen molar-refractivity contribution >= 4 is 17.2 Å². The lowest BCUT2D eigenvalue weighted by Crippen LogP contribution is -2.10. The minimum Gasteiger partial charge on any atom is -0.393 e. The van der Waals surface area contributed by atoms with Crippen molar-refractivity contribution in [1.82, 2.24) is 19.7 Å². The minimum atomic E-state index is -4.38. The number of nitrogens with zero attached hydrogens (tertiary/aromatic N) is 4. The molecule has 0 aliphatic carbocycles. The number of aromatic nitrogens is 4. The fourth-order valence-corrected chi connectivity index (χ4v) is 2.38. The maximum Gasteiger partial charge on any atom is 0.416 e. The van der Waals surface area contributed by atoms with Crippen LogP contribution in [0.4, 0.5) is 30.4 Å². The lowest BCUT2D eigenvalue weighted by molar-refractivity contribution is -0.137. The molecular formula is C16H15F3N6. The van der Waals surface area contributed by atoms with Gasteiger partial charge in [-0.25, -0.2) is 14.6 Å². The molecule has 0 saturated heterocycles. The molecule has 0 amide bonds. The quantitative estimate of drug-likeness (QED) is 0.755. The van der Waals surface area contributed by atoms with E-state index in [0.717, 1.165) is 23.5 Å². The van der Waals surface area contributed by atoms with Crippen LogP contribution in [0.2, 0.25) is 0 Å². The van der Waals surface area contributed by atoms with Gasteiger partial charge in [0, 0.05) is 11.4 Å². The minimum absolute atomic E-state index is 0.244. The molecule has 130 valence electrons. The molecule has 0 radical (unpaired) electrons. The Hall–Kier alpha value is -3.10. The Morgan fingerprint density at radius 3 is 2.32 bits per heavy atom. The number of halogens is 3. The molecular weight excluding hydrogens is 333 g/mol. The van der Waals surface area contributed by atoms with Crippen LogP contribution in [0, 0.1) is 13.8 Å². The summed E-state index contributed by atoms with van der Waals surface area (Å²) >= 11 is 0. The summed E-state index contributed by atoms with van der Waals surface area (Å²) in [6.45, 7) is 3.72. The first kappa shape index (κ1) is 16.7. The zero-order valence-electron chi connectivity index (χ0n) is 13.5. The van der Waals surface area contributed by atoms with Crippen molar-refractivity contribution in [3.63, 3.8) is 0 Å². The van der Waals surface area contributed by atoms with E-state index in [1.165, 1.54) is 18.5 Å². The third-order valence-electron chi connectivity index (χ3n) is 3.55. The van der Waals surface area contributed by atoms with Gasteiger partial charge < -0.3 is 11.1 Å². The maximum absolute atomic E-state index is 12.6. The van der Waals surface area contributed by atoms with Gasteiger partial charge in [-0.1, -0.05) is 0 Å². The summed E-state index contributed by atoms with van der Waals surface area (Å²) in [6, 6.07) is 6.48. The second kappa shape index (κ2) is 6.08. The van der Waals surface area contributed by atoms with Crippen LogP contribution < -0.4 is 11.1 Å². The summed E-state index contributed by atoms with van der Waals surface area (Å²) < 4.78 is 39.4. The predicted molar refractivity (Wildman–Crippen MR) is 87.8 cm³/mol. The third-order valence-corrected chi connectivity index (χ3v) is 3.55. The van der Waals surface area contributed by atoms with E-state index in [4.69, 9.17) is 5.73 Å². The van der Waals surface area contributed by atoms with Crippen LogP contribution in [0.25, 0.3) is 5.82 Å². The Balaban J connectivity index is 1.91. The first-order valence-corrected chi connectivity index (χ1v) is 7.34. The van der Waals surface area contributed by atoms with Crippen LogP contribution in [0.3, 0.4) is 0 Å². The zero-order valence-corrected chi connectivity index (χ0v) is 13.5. The van der Waals surface area contributed by atoms with Crippen LogP contribution in [-0.4, -0.2) is 19.7 Å². The maximum atomic E-state index is 12.6. The Labute approximate surface area is 141 Å². The molecule has 6 nitrogen and oxygen atoms in total. The Morgan fingerprint density at radius 1 is 1.08 bits per heavy atom. The number of benzene rings is 1. The smallest absolute Gasteiger partial charge is 0.393 e. The van der Waals surface area contributed by atoms with E-state index in [-0.39, 0.29) is 11.5 Å². The van der Waals surface area contributed by atoms with E-state index in [9.17, 15) is 13.2 Å². The number of hydrogen-bond acceptors (Lipinski definition) is 5. The first-order valence-electron chi connectivity index (χ1n) is 7.34. The van der Waals surface area contributed by atoms with Crippen LogP contribution >= 0.6 is 0 Å². The largest absolute Gasteiger partial charge is 0.416 e. The molecule has 0 unspecified atom stereocenters. The number of nitrogen functional groups attached to an aromatic ring is 1. The van der Waals surface area contributed by atoms with E-state index in [1.54, 1.807) is 4.68 Å². The van der Waals surface area contributed by atoms with Gasteiger partial charge >= 0.3 is 6.18 Å². The third kappa shape index (κ3) is 3.39. The van der Waals surface area contributed by atoms with Gasteiger partial charge in [-0.3, -0.25) is 0 Å². The predicted octanol–water partition coefficient (Wildman–Crippen LogP) is 3.62. The van der Waals surface area contributed by atoms with Crippen LogP contribution in [-0.2, 0) is 6.18 Å². The van der Waals surface area contributed by atoms with Crippen molar-refractivity contribution in [2.24, 2.45) is 0 Å². The molecule has 3 rings (SSSR count). The fourth-order valence-electron chi connectivity index (χ4n) is 2.38. The second-order valence-corrected chi connectivity index (χ2v) is 5.50. The number of aryl methyl sites for hydroxylation is 2. The summed E-state index contributed by atoms with van der Waals surface area (Å²) in [4.78, 5) is 8.20. The summed E-state index contributed by atoms with van der Waals surface area (Å²) in [5.74, 6) is 0.687. The van der Waals surface area contributed by atoms with E-state index < -0.39 is 11.7 Å². The molecule has 25 heavy (non-hydrogen) atoms. The molecule has 1 aromatic carbocycles.